The van der Waals surface area contributed by atoms with Crippen LogP contribution in [0.25, 0.3) is 0 Å². The zero-order valence-corrected chi connectivity index (χ0v) is 10.4. The summed E-state index contributed by atoms with van der Waals surface area (Å²) in [6.07, 6.45) is 3.69. The lowest BCUT2D eigenvalue weighted by molar-refractivity contribution is 0.0674. The summed E-state index contributed by atoms with van der Waals surface area (Å²) in [4.78, 5) is 18.3. The lowest BCUT2D eigenvalue weighted by Gasteiger charge is -2.21. The fourth-order valence-electron chi connectivity index (χ4n) is 1.81. The summed E-state index contributed by atoms with van der Waals surface area (Å²) >= 11 is 0. The number of carbonyl (C=O) groups is 1. The van der Waals surface area contributed by atoms with E-state index in [2.05, 4.69) is 10.4 Å². The van der Waals surface area contributed by atoms with Crippen LogP contribution in [0.5, 0.6) is 0 Å². The molecule has 1 aromatic heterocycles. The van der Waals surface area contributed by atoms with Gasteiger partial charge in [-0.15, -0.1) is 0 Å². The average Bonchev–Trinajstić information content (AvgIpc) is 3.23. The van der Waals surface area contributed by atoms with Gasteiger partial charge < -0.3 is 15.1 Å². The summed E-state index contributed by atoms with van der Waals surface area (Å²) in [5, 5.41) is 0. The van der Waals surface area contributed by atoms with E-state index in [0.717, 1.165) is 12.8 Å². The maximum absolute atomic E-state index is 12.3. The number of anilines is 1. The van der Waals surface area contributed by atoms with E-state index in [1.807, 2.05) is 4.90 Å². The average molecular weight is 250 g/mol. The number of nitrogens with zero attached hydrogens (tertiary/aromatic N) is 2. The van der Waals surface area contributed by atoms with E-state index in [1.54, 1.807) is 25.4 Å². The maximum atomic E-state index is 12.3. The Bertz CT molecular complexity index is 420. The van der Waals surface area contributed by atoms with Crippen molar-refractivity contribution in [2.75, 3.05) is 25.7 Å². The number of pyridine rings is 1. The molecule has 6 nitrogen and oxygen atoms in total. The van der Waals surface area contributed by atoms with Gasteiger partial charge in [0.25, 0.3) is 5.91 Å². The highest BCUT2D eigenvalue weighted by molar-refractivity contribution is 5.93. The molecule has 18 heavy (non-hydrogen) atoms. The molecule has 6 heteroatoms. The van der Waals surface area contributed by atoms with Crippen molar-refractivity contribution in [2.24, 2.45) is 5.84 Å². The Morgan fingerprint density at radius 3 is 3.06 bits per heavy atom. The van der Waals surface area contributed by atoms with Crippen molar-refractivity contribution in [2.45, 2.75) is 18.9 Å². The number of nitrogens with one attached hydrogen (secondary N) is 1. The summed E-state index contributed by atoms with van der Waals surface area (Å²) in [5.74, 6) is 5.26. The van der Waals surface area contributed by atoms with Crippen LogP contribution in [0.4, 0.5) is 5.69 Å². The van der Waals surface area contributed by atoms with Gasteiger partial charge >= 0.3 is 0 Å². The van der Waals surface area contributed by atoms with Crippen LogP contribution >= 0.6 is 0 Å². The minimum atomic E-state index is -0.0633. The van der Waals surface area contributed by atoms with Gasteiger partial charge in [-0.25, -0.2) is 0 Å². The highest BCUT2D eigenvalue weighted by Gasteiger charge is 2.33. The van der Waals surface area contributed by atoms with Gasteiger partial charge in [0.2, 0.25) is 0 Å². The van der Waals surface area contributed by atoms with Gasteiger partial charge in [-0.3, -0.25) is 15.6 Å². The number of carbonyl (C=O) groups excluding carboxylic acids is 1. The number of hydrogen-bond acceptors (Lipinski definition) is 5. The molecule has 0 bridgehead atoms. The van der Waals surface area contributed by atoms with E-state index in [0.29, 0.717) is 30.6 Å². The topological polar surface area (TPSA) is 80.5 Å². The molecule has 1 amide bonds. The summed E-state index contributed by atoms with van der Waals surface area (Å²) in [7, 11) is 1.63. The van der Waals surface area contributed by atoms with Crippen LogP contribution in [0.15, 0.2) is 18.3 Å². The Labute approximate surface area is 106 Å². The lowest BCUT2D eigenvalue weighted by Crippen LogP contribution is -2.36. The van der Waals surface area contributed by atoms with Crippen molar-refractivity contribution in [3.63, 3.8) is 0 Å². The van der Waals surface area contributed by atoms with Gasteiger partial charge in [-0.1, -0.05) is 0 Å². The molecule has 0 radical (unpaired) electrons. The predicted octanol–water partition coefficient (Wildman–Crippen LogP) is 0.618. The second kappa shape index (κ2) is 5.79. The summed E-state index contributed by atoms with van der Waals surface area (Å²) < 4.78 is 5.03. The van der Waals surface area contributed by atoms with Gasteiger partial charge in [0.15, 0.2) is 0 Å². The van der Waals surface area contributed by atoms with Crippen LogP contribution in [0, 0.1) is 0 Å². The smallest absolute Gasteiger partial charge is 0.272 e. The third-order valence-electron chi connectivity index (χ3n) is 2.93. The molecule has 0 atom stereocenters. The van der Waals surface area contributed by atoms with Crippen LogP contribution in [-0.4, -0.2) is 42.1 Å². The maximum Gasteiger partial charge on any atom is 0.272 e. The van der Waals surface area contributed by atoms with Crippen LogP contribution in [0.2, 0.25) is 0 Å². The summed E-state index contributed by atoms with van der Waals surface area (Å²) in [5.41, 5.74) is 3.60. The van der Waals surface area contributed by atoms with Crippen molar-refractivity contribution in [3.05, 3.63) is 24.0 Å². The van der Waals surface area contributed by atoms with Crippen molar-refractivity contribution in [1.29, 1.82) is 0 Å². The number of amides is 1. The van der Waals surface area contributed by atoms with E-state index < -0.39 is 0 Å². The monoisotopic (exact) mass is 250 g/mol. The van der Waals surface area contributed by atoms with E-state index in [4.69, 9.17) is 10.6 Å². The molecule has 1 aliphatic carbocycles. The second-order valence-electron chi connectivity index (χ2n) is 4.30. The van der Waals surface area contributed by atoms with Gasteiger partial charge in [-0.2, -0.15) is 0 Å². The van der Waals surface area contributed by atoms with Crippen molar-refractivity contribution in [3.8, 4) is 0 Å². The Morgan fingerprint density at radius 1 is 1.67 bits per heavy atom. The van der Waals surface area contributed by atoms with Gasteiger partial charge in [0.1, 0.15) is 5.69 Å². The van der Waals surface area contributed by atoms with E-state index in [1.165, 1.54) is 0 Å². The molecule has 3 N–H and O–H groups in total. The Balaban J connectivity index is 2.11. The Morgan fingerprint density at radius 2 is 2.44 bits per heavy atom. The molecule has 0 aromatic carbocycles. The highest BCUT2D eigenvalue weighted by Crippen LogP contribution is 2.28. The van der Waals surface area contributed by atoms with Gasteiger partial charge in [0.05, 0.1) is 12.3 Å². The minimum absolute atomic E-state index is 0.0633. The SMILES string of the molecule is COCCN(C(=O)c1cc(NN)ccn1)C1CC1. The lowest BCUT2D eigenvalue weighted by atomic mass is 10.2. The third kappa shape index (κ3) is 2.96. The molecule has 1 fully saturated rings. The zero-order chi connectivity index (χ0) is 13.0. The van der Waals surface area contributed by atoms with E-state index in [-0.39, 0.29) is 5.91 Å². The first-order valence-electron chi connectivity index (χ1n) is 5.99. The molecule has 1 aromatic rings. The molecular formula is C12H18N4O2. The quantitative estimate of drug-likeness (QED) is 0.571. The number of aromatic nitrogens is 1. The van der Waals surface area contributed by atoms with Crippen LogP contribution in [0.1, 0.15) is 23.3 Å². The number of rotatable bonds is 6. The minimum Gasteiger partial charge on any atom is -0.383 e. The molecule has 98 valence electrons. The molecule has 0 saturated heterocycles. The normalized spacial score (nSPS) is 14.3. The number of ether oxygens (including phenoxy) is 1. The number of hydrogen-bond donors (Lipinski definition) is 2. The molecule has 1 heterocycles. The third-order valence-corrected chi connectivity index (χ3v) is 2.93. The van der Waals surface area contributed by atoms with E-state index >= 15 is 0 Å². The fraction of sp³-hybridized carbons (Fsp3) is 0.500. The molecule has 0 unspecified atom stereocenters. The van der Waals surface area contributed by atoms with Crippen LogP contribution < -0.4 is 11.3 Å². The number of nitrogens with two attached hydrogens (primary N) is 1. The molecule has 2 rings (SSSR count). The number of nitrogen functional groups attached to an aromatic ring is 1. The standard InChI is InChI=1S/C12H18N4O2/c1-18-7-6-16(10-2-3-10)12(17)11-8-9(15-13)4-5-14-11/h4-5,8,10H,2-3,6-7,13H2,1H3,(H,14,15). The van der Waals surface area contributed by atoms with Crippen LogP contribution in [0.3, 0.4) is 0 Å². The summed E-state index contributed by atoms with van der Waals surface area (Å²) in [6.45, 7) is 1.14. The molecule has 1 saturated carbocycles. The van der Waals surface area contributed by atoms with Gasteiger partial charge in [0, 0.05) is 25.9 Å². The van der Waals surface area contributed by atoms with Crippen molar-refractivity contribution < 1.29 is 9.53 Å². The van der Waals surface area contributed by atoms with Crippen LogP contribution in [-0.2, 0) is 4.74 Å². The second-order valence-corrected chi connectivity index (χ2v) is 4.30. The fourth-order valence-corrected chi connectivity index (χ4v) is 1.81. The Kier molecular flexibility index (Phi) is 4.11. The van der Waals surface area contributed by atoms with E-state index in [9.17, 15) is 4.79 Å². The first-order chi connectivity index (χ1) is 8.76. The molecule has 0 spiro atoms. The molecule has 0 aliphatic heterocycles. The molecule has 1 aliphatic rings. The zero-order valence-electron chi connectivity index (χ0n) is 10.4. The number of methoxy groups -OCH3 is 1. The highest BCUT2D eigenvalue weighted by atomic mass is 16.5. The predicted molar refractivity (Wildman–Crippen MR) is 68.0 cm³/mol. The van der Waals surface area contributed by atoms with Crippen molar-refractivity contribution >= 4 is 11.6 Å². The van der Waals surface area contributed by atoms with Crippen molar-refractivity contribution in [1.82, 2.24) is 9.88 Å². The van der Waals surface area contributed by atoms with Gasteiger partial charge in [-0.05, 0) is 25.0 Å². The summed E-state index contributed by atoms with van der Waals surface area (Å²) in [6, 6.07) is 3.71. The first-order valence-corrected chi connectivity index (χ1v) is 5.99. The largest absolute Gasteiger partial charge is 0.383 e. The first kappa shape index (κ1) is 12.8. The number of hydrazine groups is 1. The Hall–Kier alpha value is -1.66. The molecular weight excluding hydrogens is 232 g/mol.